The fourth-order valence-electron chi connectivity index (χ4n) is 3.05. The number of hydrogen-bond acceptors (Lipinski definition) is 6. The Hall–Kier alpha value is -2.46. The lowest BCUT2D eigenvalue weighted by atomic mass is 9.97. The molecule has 0 aromatic carbocycles. The van der Waals surface area contributed by atoms with Gasteiger partial charge in [0, 0.05) is 30.3 Å². The molecule has 0 spiro atoms. The second-order valence-electron chi connectivity index (χ2n) is 6.36. The molecule has 1 atom stereocenters. The summed E-state index contributed by atoms with van der Waals surface area (Å²) in [5.41, 5.74) is 9.61. The molecule has 3 heterocycles. The zero-order chi connectivity index (χ0) is 19.6. The number of nitrogen functional groups attached to an aromatic ring is 1. The number of aliphatic carboxylic acids is 1. The van der Waals surface area contributed by atoms with E-state index in [1.165, 1.54) is 0 Å². The molecule has 9 nitrogen and oxygen atoms in total. The highest BCUT2D eigenvalue weighted by atomic mass is 79.9. The summed E-state index contributed by atoms with van der Waals surface area (Å²) in [4.78, 5) is 15.5. The highest BCUT2D eigenvalue weighted by Gasteiger charge is 2.21. The van der Waals surface area contributed by atoms with Crippen LogP contribution < -0.4 is 11.1 Å². The summed E-state index contributed by atoms with van der Waals surface area (Å²) in [6.45, 7) is 2.60. The number of halogens is 1. The Kier molecular flexibility index (Phi) is 5.76. The van der Waals surface area contributed by atoms with E-state index >= 15 is 0 Å². The first kappa shape index (κ1) is 19.3. The average Bonchev–Trinajstić information content (AvgIpc) is 3.24. The quantitative estimate of drug-likeness (QED) is 0.462. The predicted molar refractivity (Wildman–Crippen MR) is 105 cm³/mol. The number of nitrogens with one attached hydrogen (secondary N) is 1. The molecule has 3 aromatic rings. The van der Waals surface area contributed by atoms with Crippen LogP contribution in [0.5, 0.6) is 0 Å². The lowest BCUT2D eigenvalue weighted by molar-refractivity contribution is -0.135. The van der Waals surface area contributed by atoms with Crippen LogP contribution in [-0.4, -0.2) is 48.5 Å². The van der Waals surface area contributed by atoms with E-state index in [-0.39, 0.29) is 12.5 Å². The zero-order valence-electron chi connectivity index (χ0n) is 15.2. The molecule has 27 heavy (non-hydrogen) atoms. The van der Waals surface area contributed by atoms with Crippen molar-refractivity contribution in [2.45, 2.75) is 25.7 Å². The fourth-order valence-corrected chi connectivity index (χ4v) is 3.63. The van der Waals surface area contributed by atoms with Gasteiger partial charge in [0.05, 0.1) is 29.1 Å². The van der Waals surface area contributed by atoms with Crippen molar-refractivity contribution in [2.24, 2.45) is 7.05 Å². The molecule has 10 heteroatoms. The molecule has 1 unspecified atom stereocenters. The summed E-state index contributed by atoms with van der Waals surface area (Å²) in [6.07, 6.45) is 7.02. The summed E-state index contributed by atoms with van der Waals surface area (Å²) in [5, 5.41) is 20.3. The van der Waals surface area contributed by atoms with Gasteiger partial charge in [-0.15, -0.1) is 0 Å². The first-order valence-corrected chi connectivity index (χ1v) is 9.45. The molecule has 3 aromatic heterocycles. The molecule has 0 radical (unpaired) electrons. The number of carboxylic acids is 1. The summed E-state index contributed by atoms with van der Waals surface area (Å²) in [7, 11) is 1.86. The third kappa shape index (κ3) is 3.96. The van der Waals surface area contributed by atoms with Crippen molar-refractivity contribution in [3.8, 4) is 11.1 Å². The Morgan fingerprint density at radius 1 is 1.41 bits per heavy atom. The Morgan fingerprint density at radius 3 is 2.81 bits per heavy atom. The molecule has 0 saturated carbocycles. The third-order valence-corrected chi connectivity index (χ3v) is 5.30. The minimum Gasteiger partial charge on any atom is -0.480 e. The van der Waals surface area contributed by atoms with E-state index in [1.54, 1.807) is 21.6 Å². The standard InChI is InChI=1S/C17H22BrN7O2/c1-3-10(4-5-20-8-13(26)27)15-14(18)16(19)25-17(23-15)12(7-22-25)11-6-21-24(2)9-11/h6-7,9-10,20H,3-5,8,19H2,1-2H3,(H,26,27). The van der Waals surface area contributed by atoms with Gasteiger partial charge in [0.2, 0.25) is 0 Å². The van der Waals surface area contributed by atoms with Crippen LogP contribution in [0.25, 0.3) is 16.8 Å². The van der Waals surface area contributed by atoms with Crippen molar-refractivity contribution < 1.29 is 9.90 Å². The van der Waals surface area contributed by atoms with Gasteiger partial charge in [-0.1, -0.05) is 6.92 Å². The molecule has 4 N–H and O–H groups in total. The van der Waals surface area contributed by atoms with E-state index in [0.717, 1.165) is 34.1 Å². The third-order valence-electron chi connectivity index (χ3n) is 4.49. The van der Waals surface area contributed by atoms with Crippen LogP contribution >= 0.6 is 15.9 Å². The number of fused-ring (bicyclic) bond motifs is 1. The van der Waals surface area contributed by atoms with Crippen LogP contribution in [0.2, 0.25) is 0 Å². The maximum atomic E-state index is 10.7. The maximum Gasteiger partial charge on any atom is 0.317 e. The van der Waals surface area contributed by atoms with Gasteiger partial charge < -0.3 is 16.2 Å². The number of carboxylic acid groups (broad SMARTS) is 1. The van der Waals surface area contributed by atoms with Gasteiger partial charge in [-0.25, -0.2) is 4.98 Å². The second-order valence-corrected chi connectivity index (χ2v) is 7.15. The molecule has 144 valence electrons. The molecule has 0 bridgehead atoms. The van der Waals surface area contributed by atoms with Gasteiger partial charge in [0.15, 0.2) is 5.65 Å². The normalized spacial score (nSPS) is 12.6. The smallest absolute Gasteiger partial charge is 0.317 e. The summed E-state index contributed by atoms with van der Waals surface area (Å²) in [6, 6.07) is 0. The number of aromatic nitrogens is 5. The van der Waals surface area contributed by atoms with E-state index < -0.39 is 5.97 Å². The number of nitrogens with two attached hydrogens (primary N) is 1. The number of rotatable bonds is 8. The molecule has 0 aliphatic heterocycles. The average molecular weight is 436 g/mol. The first-order chi connectivity index (χ1) is 12.9. The lowest BCUT2D eigenvalue weighted by Crippen LogP contribution is -2.25. The fraction of sp³-hybridized carbons (Fsp3) is 0.412. The second kappa shape index (κ2) is 8.05. The largest absolute Gasteiger partial charge is 0.480 e. The van der Waals surface area contributed by atoms with Gasteiger partial charge in [0.1, 0.15) is 5.82 Å². The highest BCUT2D eigenvalue weighted by Crippen LogP contribution is 2.35. The molecule has 0 aliphatic rings. The van der Waals surface area contributed by atoms with Gasteiger partial charge in [0.25, 0.3) is 0 Å². The van der Waals surface area contributed by atoms with Gasteiger partial charge >= 0.3 is 5.97 Å². The van der Waals surface area contributed by atoms with E-state index in [9.17, 15) is 4.79 Å². The molecular weight excluding hydrogens is 414 g/mol. The van der Waals surface area contributed by atoms with Crippen molar-refractivity contribution in [3.05, 3.63) is 28.8 Å². The van der Waals surface area contributed by atoms with Crippen LogP contribution in [0, 0.1) is 0 Å². The van der Waals surface area contributed by atoms with E-state index in [2.05, 4.69) is 38.4 Å². The minimum atomic E-state index is -0.867. The van der Waals surface area contributed by atoms with Gasteiger partial charge in [-0.3, -0.25) is 9.48 Å². The summed E-state index contributed by atoms with van der Waals surface area (Å²) in [5.74, 6) is -0.250. The predicted octanol–water partition coefficient (Wildman–Crippen LogP) is 2.03. The Labute approximate surface area is 164 Å². The Morgan fingerprint density at radius 2 is 2.19 bits per heavy atom. The van der Waals surface area contributed by atoms with Crippen LogP contribution in [0.4, 0.5) is 5.82 Å². The monoisotopic (exact) mass is 435 g/mol. The Bertz CT molecular complexity index is 966. The van der Waals surface area contributed by atoms with Crippen molar-refractivity contribution >= 4 is 33.4 Å². The number of aryl methyl sites for hydroxylation is 1. The summed E-state index contributed by atoms with van der Waals surface area (Å²) < 4.78 is 4.07. The van der Waals surface area contributed by atoms with Crippen molar-refractivity contribution in [3.63, 3.8) is 0 Å². The van der Waals surface area contributed by atoms with Gasteiger partial charge in [-0.2, -0.15) is 14.7 Å². The molecular formula is C17H22BrN7O2. The SMILES string of the molecule is CCC(CCNCC(=O)O)c1nc2c(-c3cnn(C)c3)cnn2c(N)c1Br. The highest BCUT2D eigenvalue weighted by molar-refractivity contribution is 9.10. The van der Waals surface area contributed by atoms with E-state index in [0.29, 0.717) is 18.0 Å². The van der Waals surface area contributed by atoms with Crippen LogP contribution in [0.1, 0.15) is 31.4 Å². The van der Waals surface area contributed by atoms with Gasteiger partial charge in [-0.05, 0) is 35.3 Å². The van der Waals surface area contributed by atoms with Crippen LogP contribution in [0.15, 0.2) is 23.1 Å². The molecule has 0 amide bonds. The number of hydrogen-bond donors (Lipinski definition) is 3. The first-order valence-electron chi connectivity index (χ1n) is 8.66. The van der Waals surface area contributed by atoms with Crippen molar-refractivity contribution in [1.82, 2.24) is 29.7 Å². The van der Waals surface area contributed by atoms with E-state index in [1.807, 2.05) is 13.2 Å². The summed E-state index contributed by atoms with van der Waals surface area (Å²) >= 11 is 3.57. The minimum absolute atomic E-state index is 0.0556. The van der Waals surface area contributed by atoms with Crippen molar-refractivity contribution in [2.75, 3.05) is 18.8 Å². The van der Waals surface area contributed by atoms with Crippen LogP contribution in [0.3, 0.4) is 0 Å². The lowest BCUT2D eigenvalue weighted by Gasteiger charge is -2.18. The maximum absolute atomic E-state index is 10.7. The molecule has 0 aliphatic carbocycles. The molecule has 0 fully saturated rings. The topological polar surface area (TPSA) is 123 Å². The van der Waals surface area contributed by atoms with Crippen LogP contribution in [-0.2, 0) is 11.8 Å². The Balaban J connectivity index is 1.96. The molecule has 0 saturated heterocycles. The number of anilines is 1. The number of nitrogens with zero attached hydrogens (tertiary/aromatic N) is 5. The molecule has 3 rings (SSSR count). The zero-order valence-corrected chi connectivity index (χ0v) is 16.8. The van der Waals surface area contributed by atoms with E-state index in [4.69, 9.17) is 15.8 Å². The van der Waals surface area contributed by atoms with Crippen molar-refractivity contribution in [1.29, 1.82) is 0 Å². The number of carbonyl (C=O) groups is 1.